The van der Waals surface area contributed by atoms with E-state index in [9.17, 15) is 18.8 Å². The lowest BCUT2D eigenvalue weighted by Crippen LogP contribution is -2.48. The molecule has 2 aliphatic rings. The van der Waals surface area contributed by atoms with Crippen LogP contribution in [0, 0.1) is 5.82 Å². The SMILES string of the molecule is CC1CCCCN1C(=O)CN1C(=O)NC(C)(c2ccc(F)cc2)C1=O. The summed E-state index contributed by atoms with van der Waals surface area (Å²) in [5.41, 5.74) is -0.813. The number of rotatable bonds is 3. The van der Waals surface area contributed by atoms with Crippen molar-refractivity contribution in [2.24, 2.45) is 0 Å². The Bertz CT molecular complexity index is 706. The van der Waals surface area contributed by atoms with Crippen LogP contribution in [0.25, 0.3) is 0 Å². The minimum absolute atomic E-state index is 0.116. The maximum Gasteiger partial charge on any atom is 0.325 e. The van der Waals surface area contributed by atoms with Gasteiger partial charge in [0.05, 0.1) is 0 Å². The van der Waals surface area contributed by atoms with Crippen LogP contribution in [-0.4, -0.2) is 46.8 Å². The number of halogens is 1. The van der Waals surface area contributed by atoms with Gasteiger partial charge >= 0.3 is 6.03 Å². The fourth-order valence-corrected chi connectivity index (χ4v) is 3.51. The number of hydrogen-bond donors (Lipinski definition) is 1. The average molecular weight is 347 g/mol. The summed E-state index contributed by atoms with van der Waals surface area (Å²) in [6, 6.07) is 4.92. The van der Waals surface area contributed by atoms with Crippen LogP contribution in [0.15, 0.2) is 24.3 Å². The summed E-state index contributed by atoms with van der Waals surface area (Å²) < 4.78 is 13.1. The molecule has 3 rings (SSSR count). The first-order chi connectivity index (χ1) is 11.8. The third-order valence-corrected chi connectivity index (χ3v) is 5.11. The number of imide groups is 1. The number of likely N-dealkylation sites (tertiary alicyclic amines) is 1. The maximum atomic E-state index is 13.1. The number of nitrogens with zero attached hydrogens (tertiary/aromatic N) is 2. The van der Waals surface area contributed by atoms with Crippen molar-refractivity contribution < 1.29 is 18.8 Å². The number of urea groups is 1. The highest BCUT2D eigenvalue weighted by atomic mass is 19.1. The fraction of sp³-hybridized carbons (Fsp3) is 0.500. The van der Waals surface area contributed by atoms with Gasteiger partial charge in [0.25, 0.3) is 5.91 Å². The summed E-state index contributed by atoms with van der Waals surface area (Å²) in [6.07, 6.45) is 2.94. The number of carbonyl (C=O) groups is 3. The Hall–Kier alpha value is -2.44. The van der Waals surface area contributed by atoms with Crippen LogP contribution in [-0.2, 0) is 15.1 Å². The Balaban J connectivity index is 1.77. The first-order valence-corrected chi connectivity index (χ1v) is 8.52. The van der Waals surface area contributed by atoms with E-state index in [0.29, 0.717) is 12.1 Å². The lowest BCUT2D eigenvalue weighted by Gasteiger charge is -2.34. The van der Waals surface area contributed by atoms with Crippen LogP contribution in [0.3, 0.4) is 0 Å². The van der Waals surface area contributed by atoms with E-state index < -0.39 is 23.3 Å². The van der Waals surface area contributed by atoms with Crippen LogP contribution in [0.2, 0.25) is 0 Å². The van der Waals surface area contributed by atoms with Crippen molar-refractivity contribution in [2.75, 3.05) is 13.1 Å². The van der Waals surface area contributed by atoms with E-state index in [2.05, 4.69) is 5.32 Å². The number of benzene rings is 1. The number of nitrogens with one attached hydrogen (secondary N) is 1. The predicted molar refractivity (Wildman–Crippen MR) is 89.0 cm³/mol. The summed E-state index contributed by atoms with van der Waals surface area (Å²) in [7, 11) is 0. The molecule has 134 valence electrons. The molecule has 0 aliphatic carbocycles. The van der Waals surface area contributed by atoms with Crippen molar-refractivity contribution in [3.05, 3.63) is 35.6 Å². The van der Waals surface area contributed by atoms with Crippen molar-refractivity contribution in [2.45, 2.75) is 44.7 Å². The molecule has 2 atom stereocenters. The van der Waals surface area contributed by atoms with E-state index in [-0.39, 0.29) is 18.5 Å². The second-order valence-electron chi connectivity index (χ2n) is 6.89. The van der Waals surface area contributed by atoms with E-state index in [1.165, 1.54) is 24.3 Å². The van der Waals surface area contributed by atoms with Crippen LogP contribution in [0.4, 0.5) is 9.18 Å². The standard InChI is InChI=1S/C18H22FN3O3/c1-12-5-3-4-10-21(12)15(23)11-22-16(24)18(2,20-17(22)25)13-6-8-14(19)9-7-13/h6-9,12H,3-5,10-11H2,1-2H3,(H,20,25). The highest BCUT2D eigenvalue weighted by Gasteiger charge is 2.49. The van der Waals surface area contributed by atoms with Gasteiger partial charge < -0.3 is 10.2 Å². The van der Waals surface area contributed by atoms with Gasteiger partial charge in [-0.3, -0.25) is 14.5 Å². The minimum Gasteiger partial charge on any atom is -0.338 e. The lowest BCUT2D eigenvalue weighted by atomic mass is 9.92. The molecule has 25 heavy (non-hydrogen) atoms. The Kier molecular flexibility index (Phi) is 4.49. The van der Waals surface area contributed by atoms with Crippen molar-refractivity contribution >= 4 is 17.8 Å². The molecule has 0 spiro atoms. The highest BCUT2D eigenvalue weighted by molar-refractivity contribution is 6.09. The Morgan fingerprint density at radius 1 is 1.28 bits per heavy atom. The van der Waals surface area contributed by atoms with E-state index in [0.717, 1.165) is 24.2 Å². The normalized spacial score (nSPS) is 26.8. The molecule has 1 aromatic rings. The van der Waals surface area contributed by atoms with E-state index in [1.54, 1.807) is 11.8 Å². The number of amides is 4. The third kappa shape index (κ3) is 3.10. The number of carbonyl (C=O) groups excluding carboxylic acids is 3. The van der Waals surface area contributed by atoms with Gasteiger partial charge in [-0.1, -0.05) is 12.1 Å². The van der Waals surface area contributed by atoms with Crippen molar-refractivity contribution in [1.29, 1.82) is 0 Å². The van der Waals surface area contributed by atoms with Gasteiger partial charge in [-0.25, -0.2) is 9.18 Å². The Labute approximate surface area is 146 Å². The molecule has 2 fully saturated rings. The summed E-state index contributed by atoms with van der Waals surface area (Å²) in [4.78, 5) is 40.3. The monoisotopic (exact) mass is 347 g/mol. The maximum absolute atomic E-state index is 13.1. The van der Waals surface area contributed by atoms with Crippen LogP contribution in [0.5, 0.6) is 0 Å². The van der Waals surface area contributed by atoms with Crippen molar-refractivity contribution in [3.8, 4) is 0 Å². The van der Waals surface area contributed by atoms with Gasteiger partial charge in [-0.05, 0) is 50.8 Å². The van der Waals surface area contributed by atoms with Crippen molar-refractivity contribution in [1.82, 2.24) is 15.1 Å². The zero-order valence-corrected chi connectivity index (χ0v) is 14.4. The molecule has 7 heteroatoms. The quantitative estimate of drug-likeness (QED) is 0.850. The molecular formula is C18H22FN3O3. The van der Waals surface area contributed by atoms with Crippen LogP contribution in [0.1, 0.15) is 38.7 Å². The summed E-state index contributed by atoms with van der Waals surface area (Å²) in [5.74, 6) is -1.14. The van der Waals surface area contributed by atoms with E-state index in [4.69, 9.17) is 0 Å². The molecule has 0 radical (unpaired) electrons. The largest absolute Gasteiger partial charge is 0.338 e. The first-order valence-electron chi connectivity index (χ1n) is 8.52. The lowest BCUT2D eigenvalue weighted by molar-refractivity contribution is -0.140. The van der Waals surface area contributed by atoms with Gasteiger partial charge in [0.2, 0.25) is 5.91 Å². The summed E-state index contributed by atoms with van der Waals surface area (Å²) in [6.45, 7) is 3.92. The smallest absolute Gasteiger partial charge is 0.325 e. The average Bonchev–Trinajstić information content (AvgIpc) is 2.80. The van der Waals surface area contributed by atoms with Gasteiger partial charge in [0, 0.05) is 12.6 Å². The Morgan fingerprint density at radius 2 is 1.96 bits per heavy atom. The topological polar surface area (TPSA) is 69.7 Å². The summed E-state index contributed by atoms with van der Waals surface area (Å²) in [5, 5.41) is 2.63. The zero-order valence-electron chi connectivity index (χ0n) is 14.4. The molecule has 1 N–H and O–H groups in total. The molecule has 4 amide bonds. The molecule has 0 saturated carbocycles. The fourth-order valence-electron chi connectivity index (χ4n) is 3.51. The van der Waals surface area contributed by atoms with Crippen LogP contribution >= 0.6 is 0 Å². The molecule has 0 aromatic heterocycles. The molecule has 2 saturated heterocycles. The summed E-state index contributed by atoms with van der Waals surface area (Å²) >= 11 is 0. The van der Waals surface area contributed by atoms with Gasteiger partial charge in [-0.15, -0.1) is 0 Å². The Morgan fingerprint density at radius 3 is 2.60 bits per heavy atom. The molecule has 2 aliphatic heterocycles. The highest BCUT2D eigenvalue weighted by Crippen LogP contribution is 2.29. The van der Waals surface area contributed by atoms with Gasteiger partial charge in [0.15, 0.2) is 0 Å². The molecule has 2 heterocycles. The van der Waals surface area contributed by atoms with E-state index >= 15 is 0 Å². The number of piperidine rings is 1. The van der Waals surface area contributed by atoms with Gasteiger partial charge in [-0.2, -0.15) is 0 Å². The van der Waals surface area contributed by atoms with E-state index in [1.807, 2.05) is 6.92 Å². The molecule has 6 nitrogen and oxygen atoms in total. The second kappa shape index (κ2) is 6.46. The zero-order chi connectivity index (χ0) is 18.2. The minimum atomic E-state index is -1.29. The predicted octanol–water partition coefficient (Wildman–Crippen LogP) is 1.99. The molecule has 0 bridgehead atoms. The third-order valence-electron chi connectivity index (χ3n) is 5.11. The van der Waals surface area contributed by atoms with Gasteiger partial charge in [0.1, 0.15) is 17.9 Å². The second-order valence-corrected chi connectivity index (χ2v) is 6.89. The first kappa shape index (κ1) is 17.4. The molecule has 2 unspecified atom stereocenters. The van der Waals surface area contributed by atoms with Crippen molar-refractivity contribution in [3.63, 3.8) is 0 Å². The van der Waals surface area contributed by atoms with Crippen LogP contribution < -0.4 is 5.32 Å². The molecule has 1 aromatic carbocycles. The number of hydrogen-bond acceptors (Lipinski definition) is 3. The molecular weight excluding hydrogens is 325 g/mol.